The molecular formula is C48H30N4. The summed E-state index contributed by atoms with van der Waals surface area (Å²) in [5.74, 6) is 0.651. The van der Waals surface area contributed by atoms with Gasteiger partial charge in [0.15, 0.2) is 5.82 Å². The molecule has 0 spiro atoms. The number of hydrogen-bond acceptors (Lipinski definition) is 4. The number of nitrogens with zero attached hydrogens (tertiary/aromatic N) is 4. The van der Waals surface area contributed by atoms with Crippen LogP contribution < -0.4 is 0 Å². The van der Waals surface area contributed by atoms with Crippen LogP contribution >= 0.6 is 0 Å². The molecule has 0 unspecified atom stereocenters. The highest BCUT2D eigenvalue weighted by Crippen LogP contribution is 2.43. The van der Waals surface area contributed by atoms with Crippen LogP contribution in [-0.2, 0) is 0 Å². The Balaban J connectivity index is 1.15. The molecule has 0 saturated heterocycles. The summed E-state index contributed by atoms with van der Waals surface area (Å²) in [5.41, 5.74) is 11.4. The highest BCUT2D eigenvalue weighted by molar-refractivity contribution is 6.27. The third-order valence-corrected chi connectivity index (χ3v) is 10.0. The lowest BCUT2D eigenvalue weighted by atomic mass is 9.87. The first-order valence-electron chi connectivity index (χ1n) is 17.4. The molecule has 0 radical (unpaired) electrons. The molecule has 0 amide bonds. The SMILES string of the molecule is c1ccc(-c2ccc3ccc4c(-c5cccc(-c6cc(-c7cccnc7)nc(-c7ccccc7-c7cccnc7)n6)c5)ccc5ccc2c3c54)cc1. The summed E-state index contributed by atoms with van der Waals surface area (Å²) < 4.78 is 0. The minimum Gasteiger partial charge on any atom is -0.264 e. The molecule has 4 nitrogen and oxygen atoms in total. The predicted octanol–water partition coefficient (Wildman–Crippen LogP) is 12.2. The molecule has 10 rings (SSSR count). The molecule has 0 aliphatic carbocycles. The Kier molecular flexibility index (Phi) is 7.10. The monoisotopic (exact) mass is 662 g/mol. The molecule has 0 fully saturated rings. The van der Waals surface area contributed by atoms with E-state index in [0.717, 1.165) is 44.8 Å². The highest BCUT2D eigenvalue weighted by atomic mass is 14.9. The van der Waals surface area contributed by atoms with Gasteiger partial charge in [-0.1, -0.05) is 127 Å². The van der Waals surface area contributed by atoms with Crippen molar-refractivity contribution in [3.05, 3.63) is 183 Å². The van der Waals surface area contributed by atoms with E-state index in [1.807, 2.05) is 42.7 Å². The van der Waals surface area contributed by atoms with E-state index in [0.29, 0.717) is 5.82 Å². The fraction of sp³-hybridized carbons (Fsp3) is 0. The quantitative estimate of drug-likeness (QED) is 0.166. The van der Waals surface area contributed by atoms with Crippen LogP contribution in [-0.4, -0.2) is 19.9 Å². The lowest BCUT2D eigenvalue weighted by Gasteiger charge is -2.17. The molecule has 0 atom stereocenters. The number of benzene rings is 7. The zero-order valence-electron chi connectivity index (χ0n) is 28.1. The van der Waals surface area contributed by atoms with Gasteiger partial charge in [-0.05, 0) is 90.5 Å². The van der Waals surface area contributed by atoms with E-state index in [4.69, 9.17) is 9.97 Å². The fourth-order valence-electron chi connectivity index (χ4n) is 7.60. The molecule has 0 saturated carbocycles. The van der Waals surface area contributed by atoms with Crippen molar-refractivity contribution in [1.29, 1.82) is 0 Å². The molecule has 3 aromatic heterocycles. The molecule has 0 aliphatic heterocycles. The van der Waals surface area contributed by atoms with Crippen molar-refractivity contribution in [3.63, 3.8) is 0 Å². The maximum absolute atomic E-state index is 5.24. The van der Waals surface area contributed by atoms with Crippen molar-refractivity contribution in [2.24, 2.45) is 0 Å². The third kappa shape index (κ3) is 5.09. The van der Waals surface area contributed by atoms with Gasteiger partial charge in [0.25, 0.3) is 0 Å². The second kappa shape index (κ2) is 12.4. The first-order chi connectivity index (χ1) is 25.8. The van der Waals surface area contributed by atoms with E-state index in [2.05, 4.69) is 137 Å². The maximum Gasteiger partial charge on any atom is 0.161 e. The van der Waals surface area contributed by atoms with E-state index in [1.165, 1.54) is 49.0 Å². The van der Waals surface area contributed by atoms with Crippen LogP contribution in [0.3, 0.4) is 0 Å². The van der Waals surface area contributed by atoms with Crippen LogP contribution in [0.4, 0.5) is 0 Å². The van der Waals surface area contributed by atoms with Crippen LogP contribution in [0.5, 0.6) is 0 Å². The fourth-order valence-corrected chi connectivity index (χ4v) is 7.60. The molecule has 10 aromatic rings. The van der Waals surface area contributed by atoms with Gasteiger partial charge in [-0.3, -0.25) is 9.97 Å². The van der Waals surface area contributed by atoms with Crippen LogP contribution in [0.1, 0.15) is 0 Å². The molecule has 7 aromatic carbocycles. The van der Waals surface area contributed by atoms with Crippen LogP contribution in [0, 0.1) is 0 Å². The minimum atomic E-state index is 0.651. The lowest BCUT2D eigenvalue weighted by molar-refractivity contribution is 1.18. The first kappa shape index (κ1) is 29.8. The molecule has 0 N–H and O–H groups in total. The number of rotatable bonds is 6. The summed E-state index contributed by atoms with van der Waals surface area (Å²) in [6.07, 6.45) is 7.31. The van der Waals surface area contributed by atoms with Crippen molar-refractivity contribution >= 4 is 32.3 Å². The number of pyridine rings is 2. The normalized spacial score (nSPS) is 11.5. The first-order valence-corrected chi connectivity index (χ1v) is 17.4. The maximum atomic E-state index is 5.24. The van der Waals surface area contributed by atoms with E-state index in [-0.39, 0.29) is 0 Å². The Morgan fingerprint density at radius 1 is 0.327 bits per heavy atom. The Hall–Kier alpha value is -7.04. The number of hydrogen-bond donors (Lipinski definition) is 0. The zero-order chi connectivity index (χ0) is 34.4. The molecular weight excluding hydrogens is 633 g/mol. The van der Waals surface area contributed by atoms with Gasteiger partial charge in [-0.15, -0.1) is 0 Å². The molecule has 0 aliphatic rings. The summed E-state index contributed by atoms with van der Waals surface area (Å²) in [6, 6.07) is 55.9. The van der Waals surface area contributed by atoms with Gasteiger partial charge in [-0.2, -0.15) is 0 Å². The average molecular weight is 663 g/mol. The topological polar surface area (TPSA) is 51.6 Å². The zero-order valence-corrected chi connectivity index (χ0v) is 28.1. The van der Waals surface area contributed by atoms with Crippen LogP contribution in [0.15, 0.2) is 183 Å². The largest absolute Gasteiger partial charge is 0.264 e. The molecule has 52 heavy (non-hydrogen) atoms. The van der Waals surface area contributed by atoms with Crippen molar-refractivity contribution in [2.45, 2.75) is 0 Å². The van der Waals surface area contributed by atoms with E-state index in [9.17, 15) is 0 Å². The Labute approximate surface area is 301 Å². The van der Waals surface area contributed by atoms with Crippen molar-refractivity contribution < 1.29 is 0 Å². The summed E-state index contributed by atoms with van der Waals surface area (Å²) in [6.45, 7) is 0. The van der Waals surface area contributed by atoms with E-state index >= 15 is 0 Å². The summed E-state index contributed by atoms with van der Waals surface area (Å²) >= 11 is 0. The molecule has 0 bridgehead atoms. The Bertz CT molecular complexity index is 2890. The third-order valence-electron chi connectivity index (χ3n) is 10.0. The highest BCUT2D eigenvalue weighted by Gasteiger charge is 2.17. The van der Waals surface area contributed by atoms with Gasteiger partial charge in [0.2, 0.25) is 0 Å². The van der Waals surface area contributed by atoms with Gasteiger partial charge in [0, 0.05) is 47.0 Å². The standard InChI is InChI=1S/C48H30N4/c1-2-9-31(10-3-1)39-21-17-32-20-24-42-40(22-18-33-19-23-41(39)46(32)47(33)42)34-11-6-12-35(27-34)44-28-45(37-14-8-26-50-30-37)52-48(51-44)43-16-5-4-15-38(43)36-13-7-25-49-29-36/h1-30H. The van der Waals surface area contributed by atoms with Gasteiger partial charge >= 0.3 is 0 Å². The molecule has 4 heteroatoms. The van der Waals surface area contributed by atoms with Crippen LogP contribution in [0.25, 0.3) is 99.6 Å². The second-order valence-electron chi connectivity index (χ2n) is 13.1. The Morgan fingerprint density at radius 2 is 0.865 bits per heavy atom. The van der Waals surface area contributed by atoms with E-state index in [1.54, 1.807) is 12.4 Å². The minimum absolute atomic E-state index is 0.651. The van der Waals surface area contributed by atoms with Crippen molar-refractivity contribution in [2.75, 3.05) is 0 Å². The smallest absolute Gasteiger partial charge is 0.161 e. The summed E-state index contributed by atoms with van der Waals surface area (Å²) in [4.78, 5) is 19.1. The van der Waals surface area contributed by atoms with Gasteiger partial charge in [0.1, 0.15) is 0 Å². The average Bonchev–Trinajstić information content (AvgIpc) is 3.23. The molecule has 3 heterocycles. The Morgan fingerprint density at radius 3 is 1.54 bits per heavy atom. The van der Waals surface area contributed by atoms with E-state index < -0.39 is 0 Å². The van der Waals surface area contributed by atoms with Gasteiger partial charge in [0.05, 0.1) is 11.4 Å². The predicted molar refractivity (Wildman–Crippen MR) is 214 cm³/mol. The molecule has 242 valence electrons. The van der Waals surface area contributed by atoms with Crippen LogP contribution in [0.2, 0.25) is 0 Å². The lowest BCUT2D eigenvalue weighted by Crippen LogP contribution is -1.98. The van der Waals surface area contributed by atoms with Gasteiger partial charge < -0.3 is 0 Å². The summed E-state index contributed by atoms with van der Waals surface area (Å²) in [5, 5.41) is 7.61. The van der Waals surface area contributed by atoms with Crippen molar-refractivity contribution in [1.82, 2.24) is 19.9 Å². The van der Waals surface area contributed by atoms with Crippen molar-refractivity contribution in [3.8, 4) is 67.3 Å². The summed E-state index contributed by atoms with van der Waals surface area (Å²) in [7, 11) is 0. The van der Waals surface area contributed by atoms with Gasteiger partial charge in [-0.25, -0.2) is 9.97 Å². The number of aromatic nitrogens is 4. The second-order valence-corrected chi connectivity index (χ2v) is 13.1.